The highest BCUT2D eigenvalue weighted by molar-refractivity contribution is 5.40. The lowest BCUT2D eigenvalue weighted by Gasteiger charge is -2.26. The van der Waals surface area contributed by atoms with Crippen molar-refractivity contribution in [2.75, 3.05) is 6.61 Å². The standard InChI is InChI=1S/C23H23F3O2/c1-2-28-14-16-6-11-19(20(24)13-16)17-7-3-15(4-8-17)5-9-18-10-12-21(27)23(26)22(18)25/h6,10-13,15,17,27H,2-4,7-8,14H2,1H3. The highest BCUT2D eigenvalue weighted by atomic mass is 19.2. The van der Waals surface area contributed by atoms with E-state index < -0.39 is 17.4 Å². The molecule has 148 valence electrons. The summed E-state index contributed by atoms with van der Waals surface area (Å²) in [6, 6.07) is 7.65. The van der Waals surface area contributed by atoms with Crippen LogP contribution in [0.3, 0.4) is 0 Å². The lowest BCUT2D eigenvalue weighted by molar-refractivity contribution is 0.134. The van der Waals surface area contributed by atoms with Crippen molar-refractivity contribution in [3.8, 4) is 17.6 Å². The van der Waals surface area contributed by atoms with Crippen LogP contribution in [0.15, 0.2) is 30.3 Å². The fourth-order valence-electron chi connectivity index (χ4n) is 3.58. The number of ether oxygens (including phenoxy) is 1. The van der Waals surface area contributed by atoms with Crippen molar-refractivity contribution >= 4 is 0 Å². The van der Waals surface area contributed by atoms with Crippen LogP contribution in [0.1, 0.15) is 55.2 Å². The van der Waals surface area contributed by atoms with Gasteiger partial charge >= 0.3 is 0 Å². The van der Waals surface area contributed by atoms with E-state index in [0.29, 0.717) is 13.2 Å². The number of aromatic hydroxyl groups is 1. The minimum atomic E-state index is -1.28. The maximum Gasteiger partial charge on any atom is 0.201 e. The highest BCUT2D eigenvalue weighted by Gasteiger charge is 2.23. The molecule has 0 saturated heterocycles. The molecular formula is C23H23F3O2. The van der Waals surface area contributed by atoms with Crippen LogP contribution < -0.4 is 0 Å². The third kappa shape index (κ3) is 4.69. The molecule has 1 aliphatic rings. The predicted molar refractivity (Wildman–Crippen MR) is 101 cm³/mol. The second-order valence-electron chi connectivity index (χ2n) is 7.07. The average molecular weight is 388 g/mol. The molecule has 0 aromatic heterocycles. The van der Waals surface area contributed by atoms with E-state index in [4.69, 9.17) is 9.84 Å². The van der Waals surface area contributed by atoms with Gasteiger partial charge in [0.25, 0.3) is 0 Å². The van der Waals surface area contributed by atoms with Crippen molar-refractivity contribution in [3.05, 3.63) is 64.5 Å². The molecule has 1 aliphatic carbocycles. The van der Waals surface area contributed by atoms with E-state index >= 15 is 0 Å². The van der Waals surface area contributed by atoms with Gasteiger partial charge in [-0.25, -0.2) is 8.78 Å². The Bertz CT molecular complexity index is 891. The lowest BCUT2D eigenvalue weighted by Crippen LogP contribution is -2.13. The zero-order valence-corrected chi connectivity index (χ0v) is 15.8. The number of benzene rings is 2. The molecule has 0 radical (unpaired) electrons. The molecule has 1 fully saturated rings. The topological polar surface area (TPSA) is 29.5 Å². The monoisotopic (exact) mass is 388 g/mol. The smallest absolute Gasteiger partial charge is 0.201 e. The Labute approximate surface area is 163 Å². The van der Waals surface area contributed by atoms with Gasteiger partial charge in [0.15, 0.2) is 11.6 Å². The lowest BCUT2D eigenvalue weighted by atomic mass is 9.78. The molecule has 0 heterocycles. The molecule has 0 spiro atoms. The summed E-state index contributed by atoms with van der Waals surface area (Å²) in [5, 5.41) is 9.16. The molecule has 1 N–H and O–H groups in total. The number of hydrogen-bond acceptors (Lipinski definition) is 2. The summed E-state index contributed by atoms with van der Waals surface area (Å²) < 4.78 is 46.9. The number of phenols is 1. The summed E-state index contributed by atoms with van der Waals surface area (Å²) in [4.78, 5) is 0. The van der Waals surface area contributed by atoms with E-state index in [2.05, 4.69) is 11.8 Å². The SMILES string of the molecule is CCOCc1ccc(C2CCC(C#Cc3ccc(O)c(F)c3F)CC2)c(F)c1. The van der Waals surface area contributed by atoms with Gasteiger partial charge in [-0.1, -0.05) is 24.0 Å². The summed E-state index contributed by atoms with van der Waals surface area (Å²) in [6.45, 7) is 2.90. The number of halogens is 3. The minimum absolute atomic E-state index is 0.0617. The van der Waals surface area contributed by atoms with Gasteiger partial charge in [-0.3, -0.25) is 0 Å². The minimum Gasteiger partial charge on any atom is -0.505 e. The second-order valence-corrected chi connectivity index (χ2v) is 7.07. The predicted octanol–water partition coefficient (Wildman–Crippen LogP) is 5.67. The van der Waals surface area contributed by atoms with Gasteiger partial charge in [0.2, 0.25) is 5.82 Å². The Kier molecular flexibility index (Phi) is 6.64. The summed E-state index contributed by atoms with van der Waals surface area (Å²) in [7, 11) is 0. The molecule has 2 nitrogen and oxygen atoms in total. The summed E-state index contributed by atoms with van der Waals surface area (Å²) >= 11 is 0. The summed E-state index contributed by atoms with van der Waals surface area (Å²) in [5.74, 6) is 2.55. The number of hydrogen-bond donors (Lipinski definition) is 1. The van der Waals surface area contributed by atoms with Gasteiger partial charge in [0, 0.05) is 12.5 Å². The Balaban J connectivity index is 1.62. The Morgan fingerprint density at radius 1 is 1.04 bits per heavy atom. The first-order valence-corrected chi connectivity index (χ1v) is 9.54. The fraction of sp³-hybridized carbons (Fsp3) is 0.391. The Morgan fingerprint density at radius 2 is 1.79 bits per heavy atom. The van der Waals surface area contributed by atoms with Gasteiger partial charge < -0.3 is 9.84 Å². The third-order valence-corrected chi connectivity index (χ3v) is 5.18. The number of rotatable bonds is 4. The van der Waals surface area contributed by atoms with Crippen LogP contribution in [0, 0.1) is 35.2 Å². The fourth-order valence-corrected chi connectivity index (χ4v) is 3.58. The van der Waals surface area contributed by atoms with Crippen LogP contribution in [0.4, 0.5) is 13.2 Å². The van der Waals surface area contributed by atoms with Crippen molar-refractivity contribution in [2.24, 2.45) is 5.92 Å². The molecule has 2 aromatic rings. The van der Waals surface area contributed by atoms with Gasteiger partial charge in [0.05, 0.1) is 12.2 Å². The first-order chi connectivity index (χ1) is 13.5. The molecule has 2 aromatic carbocycles. The third-order valence-electron chi connectivity index (χ3n) is 5.18. The molecule has 0 unspecified atom stereocenters. The van der Waals surface area contributed by atoms with E-state index in [1.54, 1.807) is 6.07 Å². The van der Waals surface area contributed by atoms with Gasteiger partial charge in [-0.2, -0.15) is 4.39 Å². The van der Waals surface area contributed by atoms with E-state index in [1.807, 2.05) is 19.1 Å². The first-order valence-electron chi connectivity index (χ1n) is 9.54. The van der Waals surface area contributed by atoms with Crippen LogP contribution in [0.2, 0.25) is 0 Å². The molecule has 5 heteroatoms. The number of phenolic OH excluding ortho intramolecular Hbond substituents is 1. The molecule has 28 heavy (non-hydrogen) atoms. The van der Waals surface area contributed by atoms with Crippen molar-refractivity contribution in [2.45, 2.75) is 45.1 Å². The Morgan fingerprint density at radius 3 is 2.46 bits per heavy atom. The van der Waals surface area contributed by atoms with Crippen LogP contribution >= 0.6 is 0 Å². The zero-order chi connectivity index (χ0) is 20.1. The summed E-state index contributed by atoms with van der Waals surface area (Å²) in [6.07, 6.45) is 3.15. The normalized spacial score (nSPS) is 19.1. The van der Waals surface area contributed by atoms with E-state index in [1.165, 1.54) is 6.07 Å². The van der Waals surface area contributed by atoms with Crippen molar-refractivity contribution in [1.29, 1.82) is 0 Å². The van der Waals surface area contributed by atoms with Gasteiger partial charge in [-0.15, -0.1) is 0 Å². The Hall–Kier alpha value is -2.45. The van der Waals surface area contributed by atoms with E-state index in [9.17, 15) is 13.2 Å². The molecule has 0 atom stereocenters. The molecule has 0 bridgehead atoms. The van der Waals surface area contributed by atoms with E-state index in [-0.39, 0.29) is 23.2 Å². The van der Waals surface area contributed by atoms with Crippen molar-refractivity contribution in [3.63, 3.8) is 0 Å². The first kappa shape index (κ1) is 20.3. The quantitative estimate of drug-likeness (QED) is 0.684. The van der Waals surface area contributed by atoms with E-state index in [0.717, 1.165) is 42.9 Å². The molecule has 1 saturated carbocycles. The highest BCUT2D eigenvalue weighted by Crippen LogP contribution is 2.37. The maximum atomic E-state index is 14.5. The van der Waals surface area contributed by atoms with Crippen molar-refractivity contribution < 1.29 is 23.0 Å². The van der Waals surface area contributed by atoms with Gasteiger partial charge in [0.1, 0.15) is 5.82 Å². The van der Waals surface area contributed by atoms with Crippen LogP contribution in [-0.2, 0) is 11.3 Å². The van der Waals surface area contributed by atoms with Crippen molar-refractivity contribution in [1.82, 2.24) is 0 Å². The van der Waals surface area contributed by atoms with Gasteiger partial charge in [-0.05, 0) is 67.9 Å². The molecule has 0 aliphatic heterocycles. The maximum absolute atomic E-state index is 14.5. The van der Waals surface area contributed by atoms with Crippen LogP contribution in [0.5, 0.6) is 5.75 Å². The summed E-state index contributed by atoms with van der Waals surface area (Å²) in [5.41, 5.74) is 1.48. The molecule has 0 amide bonds. The second kappa shape index (κ2) is 9.16. The molecular weight excluding hydrogens is 365 g/mol. The van der Waals surface area contributed by atoms with Crippen LogP contribution in [-0.4, -0.2) is 11.7 Å². The largest absolute Gasteiger partial charge is 0.505 e. The zero-order valence-electron chi connectivity index (χ0n) is 15.8. The van der Waals surface area contributed by atoms with Crippen LogP contribution in [0.25, 0.3) is 0 Å². The molecule has 3 rings (SSSR count). The average Bonchev–Trinajstić information content (AvgIpc) is 2.70.